The molecule has 3 heteroatoms. The monoisotopic (exact) mass is 72.0 g/mol. The average molecular weight is 72.0 g/mol. The summed E-state index contributed by atoms with van der Waals surface area (Å²) in [4.78, 5) is 0. The summed E-state index contributed by atoms with van der Waals surface area (Å²) in [7, 11) is 0.500. The van der Waals surface area contributed by atoms with Gasteiger partial charge >= 0.3 is 0 Å². The van der Waals surface area contributed by atoms with Gasteiger partial charge in [-0.3, -0.25) is 4.39 Å². The van der Waals surface area contributed by atoms with Crippen LogP contribution in [-0.4, -0.2) is 7.18 Å². The maximum Gasteiger partial charge on any atom is 0.0785 e. The molecule has 0 amide bonds. The molecule has 0 aliphatic carbocycles. The lowest BCUT2D eigenvalue weighted by atomic mass is 11.9. The minimum atomic E-state index is 0.500. The van der Waals surface area contributed by atoms with Crippen molar-refractivity contribution in [2.45, 2.75) is 0 Å². The minimum Gasteiger partial charge on any atom is -0.255 e. The third kappa shape index (κ3) is 25.3. The quantitative estimate of drug-likeness (QED) is 0.406. The number of hydrogen-bond donors (Lipinski definition) is 0. The van der Waals surface area contributed by atoms with E-state index < -0.39 is 0 Å². The normalized spacial score (nSPS) is 3.00. The maximum absolute atomic E-state index is 9.50. The molecular weight excluding hydrogens is 69.0 g/mol. The van der Waals surface area contributed by atoms with Gasteiger partial charge in [0.25, 0.3) is 0 Å². The van der Waals surface area contributed by atoms with E-state index in [1.54, 1.807) is 0 Å². The third-order valence-electron chi connectivity index (χ3n) is 0. The highest BCUT2D eigenvalue weighted by atomic mass is 20.0. The summed E-state index contributed by atoms with van der Waals surface area (Å²) in [5.74, 6) is 0. The Morgan fingerprint density at radius 1 is 1.00 bits per heavy atom. The topological polar surface area (TPSA) is 0 Å². The number of rotatable bonds is 0. The van der Waals surface area contributed by atoms with Gasteiger partial charge in [-0.1, -0.05) is 0 Å². The van der Waals surface area contributed by atoms with Gasteiger partial charge in [-0.2, -0.15) is 0 Å². The minimum absolute atomic E-state index is 0.500. The fraction of sp³-hybridized carbons (Fsp3) is 1.00. The van der Waals surface area contributed by atoms with Gasteiger partial charge in [-0.15, -0.1) is 0 Å². The first-order chi connectivity index (χ1) is 2.00. The van der Waals surface area contributed by atoms with E-state index in [0.29, 0.717) is 7.18 Å². The van der Waals surface area contributed by atoms with E-state index in [1.807, 2.05) is 0 Å². The zero-order valence-electron chi connectivity index (χ0n) is 2.13. The first-order valence-corrected chi connectivity index (χ1v) is 0.521. The van der Waals surface area contributed by atoms with Crippen molar-refractivity contribution in [1.29, 1.82) is 0 Å². The molecule has 0 nitrogen and oxygen atoms in total. The molecule has 0 aromatic heterocycles. The molecule has 0 N–H and O–H groups in total. The molecule has 0 aliphatic heterocycles. The molecule has 0 heterocycles. The van der Waals surface area contributed by atoms with Gasteiger partial charge in [0.2, 0.25) is 0 Å². The molecule has 28 valence electrons. The van der Waals surface area contributed by atoms with Crippen LogP contribution in [-0.2, 0) is 0 Å². The molecule has 4 heavy (non-hydrogen) atoms. The van der Waals surface area contributed by atoms with E-state index in [1.165, 1.54) is 0 Å². The first-order valence-electron chi connectivity index (χ1n) is 0.521. The Hall–Kier alpha value is -0.210. The van der Waals surface area contributed by atoms with Crippen molar-refractivity contribution in [2.24, 2.45) is 0 Å². The molecule has 0 spiro atoms. The molecular formula is CH3F3. The molecule has 0 saturated carbocycles. The SMILES string of the molecule is CF.FF. The lowest BCUT2D eigenvalue weighted by molar-refractivity contribution is 0.108. The molecule has 0 aromatic carbocycles. The molecule has 0 aromatic rings. The average Bonchev–Trinajstić information content (AvgIpc) is 1.50. The van der Waals surface area contributed by atoms with Gasteiger partial charge in [0.1, 0.15) is 0 Å². The molecule has 0 fully saturated rings. The van der Waals surface area contributed by atoms with Crippen LogP contribution in [0.3, 0.4) is 0 Å². The maximum atomic E-state index is 9.50. The van der Waals surface area contributed by atoms with Gasteiger partial charge < -0.3 is 0 Å². The molecule has 0 aliphatic rings. The van der Waals surface area contributed by atoms with Crippen LogP contribution in [0, 0.1) is 0 Å². The standard InChI is InChI=1S/CH3F.F2/c2*1-2/h1H3;. The van der Waals surface area contributed by atoms with Crippen molar-refractivity contribution < 1.29 is 13.5 Å². The van der Waals surface area contributed by atoms with Gasteiger partial charge in [-0.05, 0) is 0 Å². The van der Waals surface area contributed by atoms with Crippen LogP contribution in [0.4, 0.5) is 13.5 Å². The predicted molar refractivity (Wildman–Crippen MR) is 9.25 cm³/mol. The van der Waals surface area contributed by atoms with Crippen LogP contribution in [0.15, 0.2) is 0 Å². The first kappa shape index (κ1) is 9.21. The third-order valence-corrected chi connectivity index (χ3v) is 0. The lowest BCUT2D eigenvalue weighted by Crippen LogP contribution is -0.939. The van der Waals surface area contributed by atoms with Crippen molar-refractivity contribution >= 4 is 0 Å². The second kappa shape index (κ2) is 203. The molecule has 0 bridgehead atoms. The highest BCUT2D eigenvalue weighted by Gasteiger charge is 1.00. The van der Waals surface area contributed by atoms with Crippen LogP contribution in [0.2, 0.25) is 0 Å². The highest BCUT2D eigenvalue weighted by Crippen LogP contribution is 1.42. The summed E-state index contributed by atoms with van der Waals surface area (Å²) < 4.78 is 25.5. The second-order valence-electron chi connectivity index (χ2n) is 0. The Labute approximate surface area is 22.1 Å². The summed E-state index contributed by atoms with van der Waals surface area (Å²) in [5, 5.41) is 0. The molecule has 0 rings (SSSR count). The zero-order chi connectivity index (χ0) is 4.00. The van der Waals surface area contributed by atoms with Crippen molar-refractivity contribution in [3.05, 3.63) is 0 Å². The van der Waals surface area contributed by atoms with Crippen LogP contribution >= 0.6 is 0 Å². The van der Waals surface area contributed by atoms with Gasteiger partial charge in [0.05, 0.1) is 7.18 Å². The van der Waals surface area contributed by atoms with Crippen molar-refractivity contribution in [3.63, 3.8) is 0 Å². The smallest absolute Gasteiger partial charge is 0.0785 e. The number of halogens is 3. The van der Waals surface area contributed by atoms with E-state index in [0.717, 1.165) is 0 Å². The van der Waals surface area contributed by atoms with Gasteiger partial charge in [0.15, 0.2) is 0 Å². The molecule has 0 unspecified atom stereocenters. The van der Waals surface area contributed by atoms with Gasteiger partial charge in [0, 0.05) is 9.15 Å². The van der Waals surface area contributed by atoms with E-state index in [4.69, 9.17) is 9.15 Å². The van der Waals surface area contributed by atoms with E-state index in [9.17, 15) is 4.39 Å². The zero-order valence-corrected chi connectivity index (χ0v) is 2.13. The summed E-state index contributed by atoms with van der Waals surface area (Å²) in [6.45, 7) is 0. The van der Waals surface area contributed by atoms with Crippen LogP contribution in [0.25, 0.3) is 0 Å². The lowest BCUT2D eigenvalue weighted by Gasteiger charge is -1.10. The number of hydrogen-bond acceptors (Lipinski definition) is 0. The van der Waals surface area contributed by atoms with Crippen molar-refractivity contribution in [1.82, 2.24) is 0 Å². The Kier molecular flexibility index (Phi) is 467. The second-order valence-corrected chi connectivity index (χ2v) is 0. The van der Waals surface area contributed by atoms with E-state index in [2.05, 4.69) is 0 Å². The van der Waals surface area contributed by atoms with Crippen LogP contribution in [0.5, 0.6) is 0 Å². The largest absolute Gasteiger partial charge is 0.255 e. The summed E-state index contributed by atoms with van der Waals surface area (Å²) in [6.07, 6.45) is 0. The van der Waals surface area contributed by atoms with Crippen molar-refractivity contribution in [2.75, 3.05) is 7.18 Å². The molecule has 0 saturated heterocycles. The Morgan fingerprint density at radius 3 is 1.00 bits per heavy atom. The fourth-order valence-corrected chi connectivity index (χ4v) is 0. The predicted octanol–water partition coefficient (Wildman–Crippen LogP) is 1.43. The summed E-state index contributed by atoms with van der Waals surface area (Å²) >= 11 is 0. The fourth-order valence-electron chi connectivity index (χ4n) is 0. The Morgan fingerprint density at radius 2 is 1.00 bits per heavy atom. The number of alkyl halides is 1. The molecule has 0 atom stereocenters. The summed E-state index contributed by atoms with van der Waals surface area (Å²) in [5.41, 5.74) is 0. The Balaban J connectivity index is 0. The molecule has 0 radical (unpaired) electrons. The van der Waals surface area contributed by atoms with E-state index in [-0.39, 0.29) is 0 Å². The van der Waals surface area contributed by atoms with Crippen molar-refractivity contribution in [3.8, 4) is 0 Å². The van der Waals surface area contributed by atoms with Gasteiger partial charge in [-0.25, -0.2) is 0 Å². The summed E-state index contributed by atoms with van der Waals surface area (Å²) in [6, 6.07) is 0. The Bertz CT molecular complexity index is 3.25. The van der Waals surface area contributed by atoms with E-state index >= 15 is 0 Å². The highest BCUT2D eigenvalue weighted by molar-refractivity contribution is 3.23. The van der Waals surface area contributed by atoms with Crippen LogP contribution in [0.1, 0.15) is 0 Å². The van der Waals surface area contributed by atoms with Crippen LogP contribution < -0.4 is 0 Å².